The van der Waals surface area contributed by atoms with Gasteiger partial charge >= 0.3 is 0 Å². The van der Waals surface area contributed by atoms with Crippen LogP contribution in [0.5, 0.6) is 5.75 Å². The summed E-state index contributed by atoms with van der Waals surface area (Å²) in [6, 6.07) is 15.0. The summed E-state index contributed by atoms with van der Waals surface area (Å²) >= 11 is 1.80. The highest BCUT2D eigenvalue weighted by molar-refractivity contribution is 7.97. The normalized spacial score (nSPS) is 20.5. The van der Waals surface area contributed by atoms with Gasteiger partial charge in [0.25, 0.3) is 0 Å². The first kappa shape index (κ1) is 24.9. The SMILES string of the molecule is CCCCC1(CCCC)[C@H](O)[C@H](c2ccc(OC)cc2)c2cc(N(C)C)ccc2SN1C. The summed E-state index contributed by atoms with van der Waals surface area (Å²) in [4.78, 5) is 3.37. The predicted octanol–water partition coefficient (Wildman–Crippen LogP) is 6.33. The van der Waals surface area contributed by atoms with Crippen molar-refractivity contribution in [3.05, 3.63) is 53.6 Å². The molecule has 0 amide bonds. The van der Waals surface area contributed by atoms with Gasteiger partial charge < -0.3 is 14.7 Å². The molecule has 0 spiro atoms. The Morgan fingerprint density at radius 3 is 2.19 bits per heavy atom. The first-order chi connectivity index (χ1) is 15.4. The number of hydrogen-bond acceptors (Lipinski definition) is 5. The Morgan fingerprint density at radius 2 is 1.66 bits per heavy atom. The lowest BCUT2D eigenvalue weighted by Crippen LogP contribution is -2.54. The minimum atomic E-state index is -0.509. The zero-order chi connectivity index (χ0) is 23.3. The molecular weight excluding hydrogens is 416 g/mol. The first-order valence-corrected chi connectivity index (χ1v) is 12.7. The highest BCUT2D eigenvalue weighted by Crippen LogP contribution is 2.50. The second kappa shape index (κ2) is 11.0. The molecule has 0 saturated carbocycles. The third kappa shape index (κ3) is 4.95. The summed E-state index contributed by atoms with van der Waals surface area (Å²) in [6.07, 6.45) is 5.96. The standard InChI is InChI=1S/C27H40N2O2S/c1-7-9-17-27(18-10-8-2)26(30)25(20-11-14-22(31-6)15-12-20)23-19-21(28(3)4)13-16-24(23)32-29(27)5/h11-16,19,25-26,30H,7-10,17-18H2,1-6H3/t25-,26-/m1/s1. The lowest BCUT2D eigenvalue weighted by molar-refractivity contribution is 0.000481. The fourth-order valence-corrected chi connectivity index (χ4v) is 6.11. The maximum absolute atomic E-state index is 12.2. The van der Waals surface area contributed by atoms with E-state index in [0.717, 1.165) is 55.5 Å². The molecular formula is C27H40N2O2S. The number of rotatable bonds is 9. The number of anilines is 1. The minimum Gasteiger partial charge on any atom is -0.497 e. The number of aliphatic hydroxyl groups is 1. The first-order valence-electron chi connectivity index (χ1n) is 11.9. The Labute approximate surface area is 199 Å². The van der Waals surface area contributed by atoms with Crippen molar-refractivity contribution < 1.29 is 9.84 Å². The van der Waals surface area contributed by atoms with E-state index >= 15 is 0 Å². The summed E-state index contributed by atoms with van der Waals surface area (Å²) in [5.74, 6) is 0.746. The zero-order valence-electron chi connectivity index (χ0n) is 20.6. The van der Waals surface area contributed by atoms with Gasteiger partial charge in [-0.1, -0.05) is 51.7 Å². The minimum absolute atomic E-state index is 0.0954. The Balaban J connectivity index is 2.20. The fraction of sp³-hybridized carbons (Fsp3) is 0.556. The van der Waals surface area contributed by atoms with Gasteiger partial charge in [0, 0.05) is 30.6 Å². The smallest absolute Gasteiger partial charge is 0.118 e. The molecule has 4 nitrogen and oxygen atoms in total. The molecule has 1 aliphatic heterocycles. The number of methoxy groups -OCH3 is 1. The van der Waals surface area contributed by atoms with Crippen LogP contribution in [0.1, 0.15) is 69.4 Å². The molecule has 1 aliphatic rings. The van der Waals surface area contributed by atoms with E-state index in [4.69, 9.17) is 4.74 Å². The van der Waals surface area contributed by atoms with E-state index in [1.54, 1.807) is 19.1 Å². The van der Waals surface area contributed by atoms with Crippen LogP contribution in [-0.4, -0.2) is 49.3 Å². The maximum Gasteiger partial charge on any atom is 0.118 e. The second-order valence-electron chi connectivity index (χ2n) is 9.21. The van der Waals surface area contributed by atoms with E-state index in [0.29, 0.717) is 0 Å². The molecule has 0 bridgehead atoms. The van der Waals surface area contributed by atoms with Crippen molar-refractivity contribution in [2.45, 2.75) is 74.8 Å². The number of hydrogen-bond donors (Lipinski definition) is 1. The van der Waals surface area contributed by atoms with E-state index in [1.807, 2.05) is 12.1 Å². The maximum atomic E-state index is 12.2. The highest BCUT2D eigenvalue weighted by Gasteiger charge is 2.48. The van der Waals surface area contributed by atoms with Gasteiger partial charge in [-0.05, 0) is 73.3 Å². The van der Waals surface area contributed by atoms with Crippen LogP contribution in [-0.2, 0) is 0 Å². The molecule has 0 fully saturated rings. The van der Waals surface area contributed by atoms with Gasteiger partial charge in [-0.2, -0.15) is 0 Å². The zero-order valence-corrected chi connectivity index (χ0v) is 21.4. The van der Waals surface area contributed by atoms with Crippen LogP contribution in [0.4, 0.5) is 5.69 Å². The molecule has 176 valence electrons. The topological polar surface area (TPSA) is 35.9 Å². The summed E-state index contributed by atoms with van der Waals surface area (Å²) in [5, 5.41) is 12.2. The average Bonchev–Trinajstić information content (AvgIpc) is 2.88. The van der Waals surface area contributed by atoms with Gasteiger partial charge in [-0.15, -0.1) is 0 Å². The van der Waals surface area contributed by atoms with Crippen molar-refractivity contribution in [1.29, 1.82) is 0 Å². The molecule has 2 atom stereocenters. The number of unbranched alkanes of at least 4 members (excludes halogenated alkanes) is 2. The number of nitrogens with zero attached hydrogens (tertiary/aromatic N) is 2. The fourth-order valence-electron chi connectivity index (χ4n) is 4.92. The number of ether oxygens (including phenoxy) is 1. The lowest BCUT2D eigenvalue weighted by Gasteiger charge is -2.45. The summed E-state index contributed by atoms with van der Waals surface area (Å²) in [6.45, 7) is 4.48. The molecule has 2 aromatic rings. The van der Waals surface area contributed by atoms with Crippen molar-refractivity contribution in [3.8, 4) is 5.75 Å². The van der Waals surface area contributed by atoms with Crippen molar-refractivity contribution in [1.82, 2.24) is 4.31 Å². The van der Waals surface area contributed by atoms with Crippen LogP contribution in [0, 0.1) is 0 Å². The van der Waals surface area contributed by atoms with Gasteiger partial charge in [0.15, 0.2) is 0 Å². The Hall–Kier alpha value is -1.69. The molecule has 0 aliphatic carbocycles. The van der Waals surface area contributed by atoms with Crippen LogP contribution in [0.15, 0.2) is 47.4 Å². The molecule has 0 radical (unpaired) electrons. The van der Waals surface area contributed by atoms with E-state index in [1.165, 1.54) is 10.5 Å². The highest BCUT2D eigenvalue weighted by atomic mass is 32.2. The Bertz CT molecular complexity index is 860. The van der Waals surface area contributed by atoms with Gasteiger partial charge in [-0.3, -0.25) is 0 Å². The van der Waals surface area contributed by atoms with Crippen molar-refractivity contribution in [2.75, 3.05) is 33.2 Å². The van der Waals surface area contributed by atoms with Crippen LogP contribution < -0.4 is 9.64 Å². The Morgan fingerprint density at radius 1 is 1.03 bits per heavy atom. The second-order valence-corrected chi connectivity index (χ2v) is 10.4. The summed E-state index contributed by atoms with van der Waals surface area (Å²) in [7, 11) is 8.02. The van der Waals surface area contributed by atoms with Crippen molar-refractivity contribution >= 4 is 17.6 Å². The number of benzene rings is 2. The quantitative estimate of drug-likeness (QED) is 0.446. The average molecular weight is 457 g/mol. The van der Waals surface area contributed by atoms with E-state index in [2.05, 4.69) is 74.5 Å². The largest absolute Gasteiger partial charge is 0.497 e. The van der Waals surface area contributed by atoms with Crippen molar-refractivity contribution in [3.63, 3.8) is 0 Å². The molecule has 1 N–H and O–H groups in total. The monoisotopic (exact) mass is 456 g/mol. The van der Waals surface area contributed by atoms with Gasteiger partial charge in [0.05, 0.1) is 18.8 Å². The number of likely N-dealkylation sites (N-methyl/N-ethyl adjacent to an activating group) is 1. The molecule has 5 heteroatoms. The number of fused-ring (bicyclic) bond motifs is 1. The van der Waals surface area contributed by atoms with Crippen molar-refractivity contribution in [2.24, 2.45) is 0 Å². The van der Waals surface area contributed by atoms with E-state index in [9.17, 15) is 5.11 Å². The Kier molecular flexibility index (Phi) is 8.54. The van der Waals surface area contributed by atoms with Gasteiger partial charge in [0.2, 0.25) is 0 Å². The molecule has 2 aromatic carbocycles. The van der Waals surface area contributed by atoms with Crippen LogP contribution in [0.3, 0.4) is 0 Å². The summed E-state index contributed by atoms with van der Waals surface area (Å²) in [5.41, 5.74) is 3.23. The molecule has 0 aromatic heterocycles. The predicted molar refractivity (Wildman–Crippen MR) is 137 cm³/mol. The lowest BCUT2D eigenvalue weighted by atomic mass is 9.72. The van der Waals surface area contributed by atoms with Crippen LogP contribution in [0.25, 0.3) is 0 Å². The third-order valence-corrected chi connectivity index (χ3v) is 8.18. The number of aliphatic hydroxyl groups excluding tert-OH is 1. The molecule has 32 heavy (non-hydrogen) atoms. The summed E-state index contributed by atoms with van der Waals surface area (Å²) < 4.78 is 7.79. The van der Waals surface area contributed by atoms with Gasteiger partial charge in [0.1, 0.15) is 5.75 Å². The third-order valence-electron chi connectivity index (χ3n) is 6.97. The molecule has 3 rings (SSSR count). The molecule has 0 unspecified atom stereocenters. The van der Waals surface area contributed by atoms with E-state index < -0.39 is 6.10 Å². The van der Waals surface area contributed by atoms with E-state index in [-0.39, 0.29) is 11.5 Å². The molecule has 1 heterocycles. The van der Waals surface area contributed by atoms with Gasteiger partial charge in [-0.25, -0.2) is 4.31 Å². The van der Waals surface area contributed by atoms with Crippen LogP contribution in [0.2, 0.25) is 0 Å². The van der Waals surface area contributed by atoms with Crippen LogP contribution >= 0.6 is 11.9 Å². The molecule has 0 saturated heterocycles.